The summed E-state index contributed by atoms with van der Waals surface area (Å²) in [5.74, 6) is 0. The van der Waals surface area contributed by atoms with Crippen LogP contribution in [0.2, 0.25) is 5.02 Å². The van der Waals surface area contributed by atoms with E-state index in [1.807, 2.05) is 12.1 Å². The van der Waals surface area contributed by atoms with Crippen molar-refractivity contribution in [2.75, 3.05) is 0 Å². The zero-order valence-corrected chi connectivity index (χ0v) is 23.6. The predicted molar refractivity (Wildman–Crippen MR) is 155 cm³/mol. The second-order valence-corrected chi connectivity index (χ2v) is 11.3. The lowest BCUT2D eigenvalue weighted by molar-refractivity contribution is -0.640. The second-order valence-electron chi connectivity index (χ2n) is 9.53. The summed E-state index contributed by atoms with van der Waals surface area (Å²) in [7, 11) is -6.09. The molecule has 0 spiro atoms. The number of pyridine rings is 1. The molecule has 0 N–H and O–H groups in total. The van der Waals surface area contributed by atoms with Crippen LogP contribution >= 0.6 is 11.6 Å². The normalized spacial score (nSPS) is 12.1. The number of hydrogen-bond acceptors (Lipinski definition) is 3. The highest BCUT2D eigenvalue weighted by Crippen LogP contribution is 2.33. The molecule has 0 aliphatic heterocycles. The van der Waals surface area contributed by atoms with Crippen molar-refractivity contribution in [3.8, 4) is 16.9 Å². The van der Waals surface area contributed by atoms with Crippen LogP contribution in [0.4, 0.5) is 13.2 Å². The van der Waals surface area contributed by atoms with Gasteiger partial charge < -0.3 is 9.12 Å². The largest absolute Gasteiger partial charge is 0.741 e. The molecule has 0 atom stereocenters. The molecule has 210 valence electrons. The molecule has 5 nitrogen and oxygen atoms in total. The van der Waals surface area contributed by atoms with E-state index in [1.54, 1.807) is 0 Å². The van der Waals surface area contributed by atoms with Crippen LogP contribution in [-0.4, -0.2) is 23.0 Å². The molecule has 0 amide bonds. The lowest BCUT2D eigenvalue weighted by Gasteiger charge is -2.16. The number of benzene rings is 4. The first kappa shape index (κ1) is 28.6. The van der Waals surface area contributed by atoms with Crippen molar-refractivity contribution in [3.63, 3.8) is 0 Å². The molecule has 0 aliphatic carbocycles. The third kappa shape index (κ3) is 5.66. The van der Waals surface area contributed by atoms with E-state index in [-0.39, 0.29) is 0 Å². The number of rotatable bonds is 3. The Kier molecular flexibility index (Phi) is 7.54. The topological polar surface area (TPSA) is 66.0 Å². The molecule has 2 aromatic heterocycles. The van der Waals surface area contributed by atoms with E-state index >= 15 is 0 Å². The number of alkyl halides is 3. The van der Waals surface area contributed by atoms with E-state index in [1.165, 1.54) is 43.7 Å². The predicted octanol–water partition coefficient (Wildman–Crippen LogP) is 7.92. The van der Waals surface area contributed by atoms with Crippen LogP contribution in [0.15, 0.2) is 97.2 Å². The molecule has 0 radical (unpaired) electrons. The molecule has 0 unspecified atom stereocenters. The van der Waals surface area contributed by atoms with Crippen molar-refractivity contribution in [2.24, 2.45) is 0 Å². The van der Waals surface area contributed by atoms with Gasteiger partial charge in [0.1, 0.15) is 6.54 Å². The maximum atomic E-state index is 10.7. The molecule has 2 heterocycles. The Morgan fingerprint density at radius 2 is 1.49 bits per heavy atom. The average molecular weight is 597 g/mol. The van der Waals surface area contributed by atoms with Gasteiger partial charge in [0.05, 0.1) is 16.5 Å². The Hall–Kier alpha value is -3.92. The van der Waals surface area contributed by atoms with Crippen LogP contribution in [0.1, 0.15) is 12.5 Å². The van der Waals surface area contributed by atoms with Crippen LogP contribution in [0, 0.1) is 6.92 Å². The zero-order valence-electron chi connectivity index (χ0n) is 22.0. The molecule has 0 aliphatic rings. The fourth-order valence-corrected chi connectivity index (χ4v) is 5.07. The van der Waals surface area contributed by atoms with Gasteiger partial charge in [0.2, 0.25) is 11.0 Å². The molecule has 0 bridgehead atoms. The van der Waals surface area contributed by atoms with Crippen molar-refractivity contribution in [3.05, 3.63) is 108 Å². The van der Waals surface area contributed by atoms with Crippen molar-refractivity contribution < 1.29 is 30.7 Å². The van der Waals surface area contributed by atoms with Gasteiger partial charge in [-0.1, -0.05) is 53.6 Å². The highest BCUT2D eigenvalue weighted by molar-refractivity contribution is 7.86. The monoisotopic (exact) mass is 596 g/mol. The first-order valence-electron chi connectivity index (χ1n) is 12.6. The fraction of sp³-hybridized carbons (Fsp3) is 0.129. The van der Waals surface area contributed by atoms with Crippen LogP contribution in [0.25, 0.3) is 49.5 Å². The molecule has 6 aromatic rings. The number of aryl methyl sites for hydroxylation is 2. The van der Waals surface area contributed by atoms with Crippen LogP contribution in [-0.2, 0) is 16.7 Å². The van der Waals surface area contributed by atoms with E-state index in [0.29, 0.717) is 0 Å². The van der Waals surface area contributed by atoms with Crippen molar-refractivity contribution in [1.82, 2.24) is 4.57 Å². The highest BCUT2D eigenvalue weighted by Gasteiger charge is 2.37. The molecule has 6 rings (SSSR count). The fourth-order valence-electron chi connectivity index (χ4n) is 4.94. The molecule has 0 saturated carbocycles. The van der Waals surface area contributed by atoms with E-state index in [0.717, 1.165) is 22.9 Å². The number of nitrogens with zero attached hydrogens (tertiary/aromatic N) is 2. The summed E-state index contributed by atoms with van der Waals surface area (Å²) in [6.45, 7) is 5.33. The Labute approximate surface area is 239 Å². The van der Waals surface area contributed by atoms with Gasteiger partial charge in [-0.3, -0.25) is 0 Å². The summed E-state index contributed by atoms with van der Waals surface area (Å²) in [6.07, 6.45) is 2.26. The van der Waals surface area contributed by atoms with Gasteiger partial charge in [-0.15, -0.1) is 0 Å². The maximum absolute atomic E-state index is 10.7. The SMILES string of the molecule is CC[n+]1c2ccc(C)cc2c2cc3cn(-c4ccc(Cl)cc4)c(-c4ccccc4)cc3cc21.O=S(=O)([O-])C(F)(F)F. The van der Waals surface area contributed by atoms with Crippen molar-refractivity contribution in [2.45, 2.75) is 25.9 Å². The summed E-state index contributed by atoms with van der Waals surface area (Å²) in [5.41, 5.74) is 1.64. The van der Waals surface area contributed by atoms with E-state index in [2.05, 4.69) is 108 Å². The van der Waals surface area contributed by atoms with E-state index in [9.17, 15) is 13.2 Å². The molecule has 10 heteroatoms. The smallest absolute Gasteiger partial charge is 0.485 e. The van der Waals surface area contributed by atoms with Gasteiger partial charge >= 0.3 is 5.51 Å². The van der Waals surface area contributed by atoms with Gasteiger partial charge in [-0.05, 0) is 72.6 Å². The summed E-state index contributed by atoms with van der Waals surface area (Å²) in [4.78, 5) is 0. The lowest BCUT2D eigenvalue weighted by Crippen LogP contribution is -2.31. The Bertz CT molecular complexity index is 2010. The zero-order chi connectivity index (χ0) is 29.5. The number of fused-ring (bicyclic) bond motifs is 4. The molecule has 4 aromatic carbocycles. The molecule has 0 fully saturated rings. The molecular formula is C31H24ClF3N2O3S. The quantitative estimate of drug-likeness (QED) is 0.118. The highest BCUT2D eigenvalue weighted by atomic mass is 35.5. The van der Waals surface area contributed by atoms with Gasteiger partial charge in [0.25, 0.3) is 0 Å². The Morgan fingerprint density at radius 1 is 0.854 bits per heavy atom. The molecular weight excluding hydrogens is 573 g/mol. The number of halogens is 4. The van der Waals surface area contributed by atoms with Gasteiger partial charge in [0.15, 0.2) is 10.1 Å². The first-order chi connectivity index (χ1) is 19.4. The minimum atomic E-state index is -6.09. The summed E-state index contributed by atoms with van der Waals surface area (Å²) < 4.78 is 63.6. The summed E-state index contributed by atoms with van der Waals surface area (Å²) in [5, 5.41) is 5.82. The lowest BCUT2D eigenvalue weighted by atomic mass is 10.0. The van der Waals surface area contributed by atoms with Crippen LogP contribution < -0.4 is 4.57 Å². The van der Waals surface area contributed by atoms with Crippen molar-refractivity contribution in [1.29, 1.82) is 0 Å². The Morgan fingerprint density at radius 3 is 2.10 bits per heavy atom. The minimum absolute atomic E-state index is 0.742. The van der Waals surface area contributed by atoms with Gasteiger partial charge in [-0.2, -0.15) is 17.7 Å². The van der Waals surface area contributed by atoms with E-state index in [4.69, 9.17) is 24.6 Å². The minimum Gasteiger partial charge on any atom is -0.741 e. The maximum Gasteiger partial charge on any atom is 0.485 e. The average Bonchev–Trinajstić information content (AvgIpc) is 3.22. The summed E-state index contributed by atoms with van der Waals surface area (Å²) >= 11 is 6.19. The third-order valence-corrected chi connectivity index (χ3v) is 7.64. The Balaban J connectivity index is 0.000000372. The second kappa shape index (κ2) is 10.8. The summed E-state index contributed by atoms with van der Waals surface area (Å²) in [6, 6.07) is 32.4. The van der Waals surface area contributed by atoms with Crippen LogP contribution in [0.3, 0.4) is 0 Å². The molecule has 41 heavy (non-hydrogen) atoms. The third-order valence-electron chi connectivity index (χ3n) is 6.82. The van der Waals surface area contributed by atoms with Gasteiger partial charge in [0, 0.05) is 29.0 Å². The van der Waals surface area contributed by atoms with Gasteiger partial charge in [-0.25, -0.2) is 8.42 Å². The number of aromatic nitrogens is 2. The van der Waals surface area contributed by atoms with Crippen molar-refractivity contribution >= 4 is 54.3 Å². The van der Waals surface area contributed by atoms with E-state index < -0.39 is 15.6 Å². The molecule has 0 saturated heterocycles. The van der Waals surface area contributed by atoms with Crippen LogP contribution in [0.5, 0.6) is 0 Å². The number of hydrogen-bond donors (Lipinski definition) is 0. The standard InChI is InChI=1S/C30H24ClN2.CHF3O3S/c1-3-32-28-14-9-20(2)15-26(28)27-16-23-19-33(25-12-10-24(31)11-13-25)29(17-22(23)18-30(27)32)21-7-5-4-6-8-21;2-1(3,4)8(5,6)7/h4-19H,3H2,1-2H3;(H,5,6,7)/q+1;/p-1. The first-order valence-corrected chi connectivity index (χ1v) is 14.4.